The van der Waals surface area contributed by atoms with Crippen LogP contribution in [0.5, 0.6) is 0 Å². The van der Waals surface area contributed by atoms with Crippen LogP contribution in [0.4, 0.5) is 17.6 Å². The Morgan fingerprint density at radius 1 is 1.39 bits per heavy atom. The summed E-state index contributed by atoms with van der Waals surface area (Å²) in [5.41, 5.74) is 5.70. The van der Waals surface area contributed by atoms with Crippen molar-refractivity contribution in [1.82, 2.24) is 9.97 Å². The maximum Gasteiger partial charge on any atom is 0.223 e. The van der Waals surface area contributed by atoms with E-state index in [-0.39, 0.29) is 5.95 Å². The molecule has 0 radical (unpaired) electrons. The van der Waals surface area contributed by atoms with Gasteiger partial charge in [0.05, 0.1) is 6.61 Å². The molecule has 6 nitrogen and oxygen atoms in total. The van der Waals surface area contributed by atoms with Gasteiger partial charge in [-0.1, -0.05) is 6.92 Å². The van der Waals surface area contributed by atoms with Crippen LogP contribution in [0.1, 0.15) is 20.3 Å². The first-order valence-electron chi connectivity index (χ1n) is 6.34. The fourth-order valence-electron chi connectivity index (χ4n) is 1.45. The highest BCUT2D eigenvalue weighted by Crippen LogP contribution is 2.15. The van der Waals surface area contributed by atoms with Crippen molar-refractivity contribution < 1.29 is 4.74 Å². The number of nitrogens with zero attached hydrogens (tertiary/aromatic N) is 3. The molecule has 1 rings (SSSR count). The molecular formula is C12H23N5O. The number of anilines is 3. The Morgan fingerprint density at radius 3 is 2.83 bits per heavy atom. The van der Waals surface area contributed by atoms with Crippen molar-refractivity contribution in [1.29, 1.82) is 0 Å². The molecule has 0 bridgehead atoms. The fourth-order valence-corrected chi connectivity index (χ4v) is 1.45. The third-order valence-corrected chi connectivity index (χ3v) is 2.45. The Bertz CT molecular complexity index is 358. The van der Waals surface area contributed by atoms with Crippen LogP contribution in [0.15, 0.2) is 6.07 Å². The van der Waals surface area contributed by atoms with Crippen molar-refractivity contribution in [3.05, 3.63) is 6.07 Å². The number of likely N-dealkylation sites (N-methyl/N-ethyl adjacent to an activating group) is 1. The van der Waals surface area contributed by atoms with Gasteiger partial charge in [-0.3, -0.25) is 0 Å². The van der Waals surface area contributed by atoms with Crippen LogP contribution < -0.4 is 16.0 Å². The molecule has 0 aliphatic rings. The van der Waals surface area contributed by atoms with Gasteiger partial charge < -0.3 is 20.7 Å². The summed E-state index contributed by atoms with van der Waals surface area (Å²) in [6.45, 7) is 7.13. The molecular weight excluding hydrogens is 230 g/mol. The molecule has 1 heterocycles. The van der Waals surface area contributed by atoms with E-state index in [0.717, 1.165) is 37.8 Å². The molecule has 0 aliphatic carbocycles. The van der Waals surface area contributed by atoms with Gasteiger partial charge in [0.25, 0.3) is 0 Å². The summed E-state index contributed by atoms with van der Waals surface area (Å²) < 4.78 is 5.32. The molecule has 6 heteroatoms. The van der Waals surface area contributed by atoms with E-state index in [9.17, 15) is 0 Å². The summed E-state index contributed by atoms with van der Waals surface area (Å²) in [5, 5.41) is 3.21. The summed E-state index contributed by atoms with van der Waals surface area (Å²) >= 11 is 0. The molecule has 1 aromatic heterocycles. The molecule has 0 saturated carbocycles. The Morgan fingerprint density at radius 2 is 2.17 bits per heavy atom. The van der Waals surface area contributed by atoms with Crippen LogP contribution in [0.25, 0.3) is 0 Å². The standard InChI is InChI=1S/C12H23N5O/c1-4-6-14-10-9-11(16-12(13)15-10)17(3)7-8-18-5-2/h9H,4-8H2,1-3H3,(H3,13,14,15,16). The minimum atomic E-state index is 0.286. The Balaban J connectivity index is 2.65. The van der Waals surface area contributed by atoms with Crippen LogP contribution in [0.3, 0.4) is 0 Å². The van der Waals surface area contributed by atoms with Gasteiger partial charge in [-0.2, -0.15) is 9.97 Å². The summed E-state index contributed by atoms with van der Waals surface area (Å²) in [4.78, 5) is 10.4. The van der Waals surface area contributed by atoms with Crippen LogP contribution in [-0.2, 0) is 4.74 Å². The minimum Gasteiger partial charge on any atom is -0.380 e. The molecule has 0 saturated heterocycles. The average molecular weight is 253 g/mol. The monoisotopic (exact) mass is 253 g/mol. The van der Waals surface area contributed by atoms with Gasteiger partial charge in [-0.05, 0) is 13.3 Å². The second-order valence-electron chi connectivity index (χ2n) is 4.01. The molecule has 0 aliphatic heterocycles. The van der Waals surface area contributed by atoms with E-state index in [4.69, 9.17) is 10.5 Å². The van der Waals surface area contributed by atoms with E-state index in [0.29, 0.717) is 6.61 Å². The van der Waals surface area contributed by atoms with Crippen molar-refractivity contribution in [2.45, 2.75) is 20.3 Å². The van der Waals surface area contributed by atoms with Crippen molar-refractivity contribution in [2.75, 3.05) is 49.3 Å². The molecule has 0 unspecified atom stereocenters. The molecule has 0 fully saturated rings. The molecule has 0 atom stereocenters. The van der Waals surface area contributed by atoms with Gasteiger partial charge >= 0.3 is 0 Å². The van der Waals surface area contributed by atoms with E-state index in [1.54, 1.807) is 0 Å². The number of ether oxygens (including phenoxy) is 1. The van der Waals surface area contributed by atoms with Crippen LogP contribution in [0, 0.1) is 0 Å². The molecule has 1 aromatic rings. The summed E-state index contributed by atoms with van der Waals surface area (Å²) in [7, 11) is 1.96. The van der Waals surface area contributed by atoms with Gasteiger partial charge in [0.15, 0.2) is 0 Å². The Kier molecular flexibility index (Phi) is 6.21. The number of hydrogen-bond acceptors (Lipinski definition) is 6. The van der Waals surface area contributed by atoms with Gasteiger partial charge in [0, 0.05) is 32.8 Å². The Labute approximate surface area is 109 Å². The average Bonchev–Trinajstić information content (AvgIpc) is 2.36. The van der Waals surface area contributed by atoms with Gasteiger partial charge in [0.2, 0.25) is 5.95 Å². The van der Waals surface area contributed by atoms with E-state index in [1.807, 2.05) is 24.9 Å². The van der Waals surface area contributed by atoms with E-state index in [2.05, 4.69) is 22.2 Å². The predicted octanol–water partition coefficient (Wildman–Crippen LogP) is 1.35. The number of rotatable bonds is 8. The maximum absolute atomic E-state index is 5.70. The van der Waals surface area contributed by atoms with Crippen molar-refractivity contribution in [2.24, 2.45) is 0 Å². The summed E-state index contributed by atoms with van der Waals surface area (Å²) in [5.74, 6) is 1.86. The highest BCUT2D eigenvalue weighted by Gasteiger charge is 2.06. The zero-order valence-electron chi connectivity index (χ0n) is 11.4. The van der Waals surface area contributed by atoms with E-state index < -0.39 is 0 Å². The molecule has 102 valence electrons. The largest absolute Gasteiger partial charge is 0.380 e. The first-order chi connectivity index (χ1) is 8.67. The lowest BCUT2D eigenvalue weighted by Gasteiger charge is -2.19. The van der Waals surface area contributed by atoms with Crippen LogP contribution in [0.2, 0.25) is 0 Å². The second-order valence-corrected chi connectivity index (χ2v) is 4.01. The molecule has 0 aromatic carbocycles. The maximum atomic E-state index is 5.70. The number of aromatic nitrogens is 2. The van der Waals surface area contributed by atoms with Crippen molar-refractivity contribution >= 4 is 17.6 Å². The lowest BCUT2D eigenvalue weighted by Crippen LogP contribution is -2.24. The normalized spacial score (nSPS) is 10.4. The third kappa shape index (κ3) is 4.75. The highest BCUT2D eigenvalue weighted by atomic mass is 16.5. The molecule has 0 spiro atoms. The number of hydrogen-bond donors (Lipinski definition) is 2. The molecule has 0 amide bonds. The lowest BCUT2D eigenvalue weighted by molar-refractivity contribution is 0.154. The first-order valence-corrected chi connectivity index (χ1v) is 6.34. The second kappa shape index (κ2) is 7.71. The number of nitrogen functional groups attached to an aromatic ring is 1. The van der Waals surface area contributed by atoms with Crippen molar-refractivity contribution in [3.8, 4) is 0 Å². The van der Waals surface area contributed by atoms with Crippen LogP contribution in [-0.4, -0.2) is 43.3 Å². The topological polar surface area (TPSA) is 76.3 Å². The SMILES string of the molecule is CCCNc1cc(N(C)CCOCC)nc(N)n1. The summed E-state index contributed by atoms with van der Waals surface area (Å²) in [6, 6.07) is 1.90. The highest BCUT2D eigenvalue weighted by molar-refractivity contribution is 5.52. The molecule has 18 heavy (non-hydrogen) atoms. The lowest BCUT2D eigenvalue weighted by atomic mass is 10.4. The predicted molar refractivity (Wildman–Crippen MR) is 75.0 cm³/mol. The van der Waals surface area contributed by atoms with Gasteiger partial charge in [-0.15, -0.1) is 0 Å². The fraction of sp³-hybridized carbons (Fsp3) is 0.667. The van der Waals surface area contributed by atoms with E-state index in [1.165, 1.54) is 0 Å². The zero-order chi connectivity index (χ0) is 13.4. The van der Waals surface area contributed by atoms with Crippen molar-refractivity contribution in [3.63, 3.8) is 0 Å². The Hall–Kier alpha value is -1.56. The van der Waals surface area contributed by atoms with Gasteiger partial charge in [0.1, 0.15) is 11.6 Å². The zero-order valence-corrected chi connectivity index (χ0v) is 11.4. The smallest absolute Gasteiger partial charge is 0.223 e. The quantitative estimate of drug-likeness (QED) is 0.681. The van der Waals surface area contributed by atoms with Gasteiger partial charge in [-0.25, -0.2) is 0 Å². The number of nitrogens with two attached hydrogens (primary N) is 1. The third-order valence-electron chi connectivity index (χ3n) is 2.45. The number of nitrogens with one attached hydrogen (secondary N) is 1. The summed E-state index contributed by atoms with van der Waals surface area (Å²) in [6.07, 6.45) is 1.04. The van der Waals surface area contributed by atoms with E-state index >= 15 is 0 Å². The van der Waals surface area contributed by atoms with Crippen LogP contribution >= 0.6 is 0 Å². The first kappa shape index (κ1) is 14.5. The molecule has 3 N–H and O–H groups in total. The minimum absolute atomic E-state index is 0.286.